The smallest absolute Gasteiger partial charge is 0.317 e. The number of fused-ring (bicyclic) bond motifs is 1. The first kappa shape index (κ1) is 18.7. The van der Waals surface area contributed by atoms with Crippen LogP contribution in [0.25, 0.3) is 11.4 Å². The molecule has 4 rings (SSSR count). The summed E-state index contributed by atoms with van der Waals surface area (Å²) in [5, 5.41) is 2.97. The Balaban J connectivity index is 1.52. The van der Waals surface area contributed by atoms with Crippen LogP contribution in [0, 0.1) is 0 Å². The number of amides is 3. The van der Waals surface area contributed by atoms with Gasteiger partial charge in [-0.15, -0.1) is 0 Å². The van der Waals surface area contributed by atoms with Crippen LogP contribution in [0.2, 0.25) is 0 Å². The Morgan fingerprint density at radius 2 is 1.66 bits per heavy atom. The predicted octanol–water partition coefficient (Wildman–Crippen LogP) is 2.42. The number of rotatable bonds is 4. The number of benzene rings is 2. The molecule has 0 fully saturated rings. The first-order chi connectivity index (χ1) is 14.1. The highest BCUT2D eigenvalue weighted by Gasteiger charge is 2.26. The van der Waals surface area contributed by atoms with Gasteiger partial charge in [0.15, 0.2) is 0 Å². The van der Waals surface area contributed by atoms with Crippen molar-refractivity contribution in [2.24, 2.45) is 5.73 Å². The van der Waals surface area contributed by atoms with Crippen LogP contribution in [0.1, 0.15) is 21.7 Å². The number of hydrogen-bond acceptors (Lipinski definition) is 3. The van der Waals surface area contributed by atoms with Crippen LogP contribution in [0.4, 0.5) is 4.79 Å². The Labute approximate surface area is 169 Å². The number of urea groups is 1. The molecule has 1 aromatic heterocycles. The minimum absolute atomic E-state index is 0.116. The molecular formula is C22H23N5O2. The molecule has 3 amide bonds. The van der Waals surface area contributed by atoms with Crippen molar-refractivity contribution in [2.45, 2.75) is 19.5 Å². The molecule has 29 heavy (non-hydrogen) atoms. The van der Waals surface area contributed by atoms with Crippen LogP contribution in [-0.2, 0) is 19.5 Å². The van der Waals surface area contributed by atoms with Crippen LogP contribution in [0.15, 0.2) is 60.7 Å². The number of imidazole rings is 1. The largest absolute Gasteiger partial charge is 0.364 e. The zero-order valence-corrected chi connectivity index (χ0v) is 16.0. The third-order valence-corrected chi connectivity index (χ3v) is 5.12. The van der Waals surface area contributed by atoms with E-state index in [0.717, 1.165) is 16.8 Å². The van der Waals surface area contributed by atoms with Crippen molar-refractivity contribution in [1.29, 1.82) is 0 Å². The summed E-state index contributed by atoms with van der Waals surface area (Å²) >= 11 is 0. The van der Waals surface area contributed by atoms with E-state index in [4.69, 9.17) is 5.73 Å². The highest BCUT2D eigenvalue weighted by molar-refractivity contribution is 5.93. The Morgan fingerprint density at radius 1 is 0.966 bits per heavy atom. The minimum Gasteiger partial charge on any atom is -0.364 e. The highest BCUT2D eigenvalue weighted by atomic mass is 16.2. The maximum absolute atomic E-state index is 12.7. The van der Waals surface area contributed by atoms with E-state index < -0.39 is 5.91 Å². The Kier molecular flexibility index (Phi) is 5.29. The first-order valence-corrected chi connectivity index (χ1v) is 9.65. The number of nitrogens with one attached hydrogen (secondary N) is 1. The van der Waals surface area contributed by atoms with E-state index in [1.807, 2.05) is 65.2 Å². The number of aromatic nitrogens is 2. The topological polar surface area (TPSA) is 93.2 Å². The molecule has 1 aliphatic heterocycles. The van der Waals surface area contributed by atoms with Gasteiger partial charge in [-0.05, 0) is 5.56 Å². The molecule has 0 spiro atoms. The van der Waals surface area contributed by atoms with Crippen molar-refractivity contribution < 1.29 is 9.59 Å². The summed E-state index contributed by atoms with van der Waals surface area (Å²) in [4.78, 5) is 30.9. The van der Waals surface area contributed by atoms with Crippen LogP contribution in [-0.4, -0.2) is 39.5 Å². The van der Waals surface area contributed by atoms with Gasteiger partial charge < -0.3 is 20.5 Å². The van der Waals surface area contributed by atoms with Gasteiger partial charge >= 0.3 is 6.03 Å². The summed E-state index contributed by atoms with van der Waals surface area (Å²) in [7, 11) is 0. The first-order valence-electron chi connectivity index (χ1n) is 9.65. The van der Waals surface area contributed by atoms with Crippen molar-refractivity contribution in [2.75, 3.05) is 13.1 Å². The van der Waals surface area contributed by atoms with Gasteiger partial charge in [0.1, 0.15) is 11.5 Å². The fraction of sp³-hybridized carbons (Fsp3) is 0.227. The molecule has 2 heterocycles. The normalized spacial score (nSPS) is 13.4. The molecule has 0 saturated carbocycles. The number of nitrogens with zero attached hydrogens (tertiary/aromatic N) is 3. The van der Waals surface area contributed by atoms with Gasteiger partial charge in [0.25, 0.3) is 5.91 Å². The van der Waals surface area contributed by atoms with E-state index in [1.54, 1.807) is 4.90 Å². The third kappa shape index (κ3) is 3.99. The lowest BCUT2D eigenvalue weighted by Gasteiger charge is -2.21. The van der Waals surface area contributed by atoms with Crippen LogP contribution < -0.4 is 11.1 Å². The lowest BCUT2D eigenvalue weighted by atomic mass is 10.2. The summed E-state index contributed by atoms with van der Waals surface area (Å²) in [5.41, 5.74) is 8.62. The second-order valence-electron chi connectivity index (χ2n) is 6.99. The molecule has 0 bridgehead atoms. The molecule has 0 atom stereocenters. The standard InChI is InChI=1S/C22H23N5O2/c23-20(28)19-18-11-12-26(22(29)24-15-16-7-3-1-4-8-16)13-14-27(18)21(25-19)17-9-5-2-6-10-17/h1-10H,11-15H2,(H2,23,28)(H,24,29). The van der Waals surface area contributed by atoms with Crippen LogP contribution in [0.5, 0.6) is 0 Å². The zero-order chi connectivity index (χ0) is 20.2. The van der Waals surface area contributed by atoms with Crippen molar-refractivity contribution >= 4 is 11.9 Å². The molecule has 7 heteroatoms. The fourth-order valence-electron chi connectivity index (χ4n) is 3.65. The van der Waals surface area contributed by atoms with Gasteiger partial charge in [-0.1, -0.05) is 60.7 Å². The quantitative estimate of drug-likeness (QED) is 0.718. The van der Waals surface area contributed by atoms with Gasteiger partial charge in [0, 0.05) is 38.2 Å². The average molecular weight is 389 g/mol. The molecule has 2 aromatic carbocycles. The molecule has 3 N–H and O–H groups in total. The predicted molar refractivity (Wildman–Crippen MR) is 110 cm³/mol. The van der Waals surface area contributed by atoms with E-state index in [-0.39, 0.29) is 11.7 Å². The minimum atomic E-state index is -0.544. The number of hydrogen-bond donors (Lipinski definition) is 2. The number of primary amides is 1. The van der Waals surface area contributed by atoms with E-state index in [2.05, 4.69) is 10.3 Å². The third-order valence-electron chi connectivity index (χ3n) is 5.12. The second kappa shape index (κ2) is 8.18. The Morgan fingerprint density at radius 3 is 2.34 bits per heavy atom. The molecule has 148 valence electrons. The molecule has 0 aliphatic carbocycles. The summed E-state index contributed by atoms with van der Waals surface area (Å²) in [6.45, 7) is 2.06. The summed E-state index contributed by atoms with van der Waals surface area (Å²) in [5.74, 6) is 0.166. The van der Waals surface area contributed by atoms with Crippen molar-refractivity contribution in [3.63, 3.8) is 0 Å². The summed E-state index contributed by atoms with van der Waals surface area (Å²) in [6.07, 6.45) is 0.525. The molecule has 3 aromatic rings. The lowest BCUT2D eigenvalue weighted by Crippen LogP contribution is -2.41. The molecule has 0 radical (unpaired) electrons. The fourth-order valence-corrected chi connectivity index (χ4v) is 3.65. The van der Waals surface area contributed by atoms with Crippen LogP contribution >= 0.6 is 0 Å². The van der Waals surface area contributed by atoms with E-state index in [0.29, 0.717) is 38.4 Å². The average Bonchev–Trinajstić information content (AvgIpc) is 2.98. The molecule has 1 aliphatic rings. The summed E-state index contributed by atoms with van der Waals surface area (Å²) < 4.78 is 2.01. The van der Waals surface area contributed by atoms with E-state index >= 15 is 0 Å². The van der Waals surface area contributed by atoms with Crippen LogP contribution in [0.3, 0.4) is 0 Å². The number of carbonyl (C=O) groups is 2. The van der Waals surface area contributed by atoms with Crippen molar-refractivity contribution in [1.82, 2.24) is 19.8 Å². The lowest BCUT2D eigenvalue weighted by molar-refractivity contribution is 0.0995. The molecular weight excluding hydrogens is 366 g/mol. The zero-order valence-electron chi connectivity index (χ0n) is 16.0. The van der Waals surface area contributed by atoms with Crippen molar-refractivity contribution in [3.05, 3.63) is 77.6 Å². The highest BCUT2D eigenvalue weighted by Crippen LogP contribution is 2.25. The monoisotopic (exact) mass is 389 g/mol. The van der Waals surface area contributed by atoms with Gasteiger partial charge in [-0.25, -0.2) is 9.78 Å². The Bertz CT molecular complexity index is 1010. The SMILES string of the molecule is NC(=O)c1nc(-c2ccccc2)n2c1CCN(C(=O)NCc1ccccc1)CC2. The van der Waals surface area contributed by atoms with E-state index in [1.165, 1.54) is 0 Å². The molecule has 0 unspecified atom stereocenters. The van der Waals surface area contributed by atoms with Gasteiger partial charge in [0.2, 0.25) is 0 Å². The van der Waals surface area contributed by atoms with E-state index in [9.17, 15) is 9.59 Å². The summed E-state index contributed by atoms with van der Waals surface area (Å²) in [6, 6.07) is 19.4. The van der Waals surface area contributed by atoms with Gasteiger partial charge in [0.05, 0.1) is 5.69 Å². The number of carbonyl (C=O) groups excluding carboxylic acids is 2. The maximum Gasteiger partial charge on any atom is 0.317 e. The van der Waals surface area contributed by atoms with Gasteiger partial charge in [-0.2, -0.15) is 0 Å². The maximum atomic E-state index is 12.7. The van der Waals surface area contributed by atoms with Gasteiger partial charge in [-0.3, -0.25) is 4.79 Å². The number of nitrogens with two attached hydrogens (primary N) is 1. The van der Waals surface area contributed by atoms with Crippen molar-refractivity contribution in [3.8, 4) is 11.4 Å². The molecule has 7 nitrogen and oxygen atoms in total. The second-order valence-corrected chi connectivity index (χ2v) is 6.99. The molecule has 0 saturated heterocycles. The Hall–Kier alpha value is -3.61.